The molecule has 1 amide bonds. The highest BCUT2D eigenvalue weighted by Gasteiger charge is 2.30. The van der Waals surface area contributed by atoms with Crippen LogP contribution in [0.1, 0.15) is 42.6 Å². The summed E-state index contributed by atoms with van der Waals surface area (Å²) in [6.45, 7) is 6.15. The van der Waals surface area contributed by atoms with Gasteiger partial charge in [-0.2, -0.15) is 5.10 Å². The molecule has 2 aromatic rings. The number of rotatable bonds is 4. The van der Waals surface area contributed by atoms with Gasteiger partial charge < -0.3 is 5.32 Å². The zero-order valence-corrected chi connectivity index (χ0v) is 12.8. The third kappa shape index (κ3) is 2.71. The Kier molecular flexibility index (Phi) is 3.53. The Hall–Kier alpha value is -2.10. The van der Waals surface area contributed by atoms with Gasteiger partial charge in [0.15, 0.2) is 0 Å². The molecule has 0 saturated heterocycles. The van der Waals surface area contributed by atoms with Crippen LogP contribution in [-0.4, -0.2) is 15.7 Å². The number of carbonyl (C=O) groups is 1. The van der Waals surface area contributed by atoms with Crippen LogP contribution in [0.15, 0.2) is 30.5 Å². The molecule has 0 unspecified atom stereocenters. The van der Waals surface area contributed by atoms with E-state index in [1.165, 1.54) is 5.56 Å². The summed E-state index contributed by atoms with van der Waals surface area (Å²) in [5.74, 6) is 0.407. The topological polar surface area (TPSA) is 46.9 Å². The zero-order chi connectivity index (χ0) is 15.0. The number of nitrogens with one attached hydrogen (secondary N) is 1. The standard InChI is InChI=1S/C17H21N3O/c1-11-6-4-5-7-16(11)20-13(3)15(10-18-20)12(2)19-17(21)14-8-9-14/h4-7,10,12,14H,8-9H2,1-3H3,(H,19,21)/t12-/m0/s1. The number of nitrogens with zero attached hydrogens (tertiary/aromatic N) is 2. The van der Waals surface area contributed by atoms with E-state index in [4.69, 9.17) is 0 Å². The minimum absolute atomic E-state index is 0.00383. The molecule has 1 aliphatic carbocycles. The summed E-state index contributed by atoms with van der Waals surface area (Å²) < 4.78 is 1.95. The van der Waals surface area contributed by atoms with E-state index in [1.54, 1.807) is 0 Å². The van der Waals surface area contributed by atoms with Crippen LogP contribution < -0.4 is 5.32 Å². The molecule has 1 heterocycles. The number of hydrogen-bond acceptors (Lipinski definition) is 2. The SMILES string of the molecule is Cc1ccccc1-n1ncc([C@H](C)NC(=O)C2CC2)c1C. The molecule has 1 fully saturated rings. The molecule has 1 aliphatic rings. The number of aryl methyl sites for hydroxylation is 1. The summed E-state index contributed by atoms with van der Waals surface area (Å²) in [6.07, 6.45) is 3.92. The summed E-state index contributed by atoms with van der Waals surface area (Å²) in [4.78, 5) is 11.9. The molecule has 1 N–H and O–H groups in total. The van der Waals surface area contributed by atoms with Crippen molar-refractivity contribution in [2.75, 3.05) is 0 Å². The van der Waals surface area contributed by atoms with Gasteiger partial charge in [-0.15, -0.1) is 0 Å². The second-order valence-electron chi connectivity index (χ2n) is 5.89. The van der Waals surface area contributed by atoms with Gasteiger partial charge in [0.1, 0.15) is 0 Å². The molecule has 0 aliphatic heterocycles. The number of hydrogen-bond donors (Lipinski definition) is 1. The average molecular weight is 283 g/mol. The molecule has 21 heavy (non-hydrogen) atoms. The van der Waals surface area contributed by atoms with Gasteiger partial charge in [0.25, 0.3) is 0 Å². The van der Waals surface area contributed by atoms with Crippen molar-refractivity contribution in [3.05, 3.63) is 47.3 Å². The Morgan fingerprint density at radius 2 is 2.05 bits per heavy atom. The van der Waals surface area contributed by atoms with E-state index in [-0.39, 0.29) is 17.9 Å². The first-order valence-electron chi connectivity index (χ1n) is 7.49. The predicted octanol–water partition coefficient (Wildman–Crippen LogP) is 3.08. The number of para-hydroxylation sites is 1. The maximum absolute atomic E-state index is 11.9. The minimum Gasteiger partial charge on any atom is -0.349 e. The smallest absolute Gasteiger partial charge is 0.223 e. The number of benzene rings is 1. The molecule has 1 atom stereocenters. The fourth-order valence-electron chi connectivity index (χ4n) is 2.65. The predicted molar refractivity (Wildman–Crippen MR) is 82.3 cm³/mol. The lowest BCUT2D eigenvalue weighted by atomic mass is 10.1. The van der Waals surface area contributed by atoms with Crippen LogP contribution in [0.3, 0.4) is 0 Å². The normalized spacial score (nSPS) is 15.8. The van der Waals surface area contributed by atoms with E-state index in [1.807, 2.05) is 29.9 Å². The Balaban J connectivity index is 1.85. The van der Waals surface area contributed by atoms with Gasteiger partial charge in [-0.05, 0) is 45.2 Å². The summed E-state index contributed by atoms with van der Waals surface area (Å²) >= 11 is 0. The first kappa shape index (κ1) is 13.9. The fourth-order valence-corrected chi connectivity index (χ4v) is 2.65. The zero-order valence-electron chi connectivity index (χ0n) is 12.8. The number of amides is 1. The van der Waals surface area contributed by atoms with Crippen LogP contribution in [0, 0.1) is 19.8 Å². The first-order chi connectivity index (χ1) is 10.1. The van der Waals surface area contributed by atoms with Crippen LogP contribution in [0.5, 0.6) is 0 Å². The minimum atomic E-state index is -0.00383. The molecule has 1 aromatic carbocycles. The summed E-state index contributed by atoms with van der Waals surface area (Å²) in [7, 11) is 0. The highest BCUT2D eigenvalue weighted by Crippen LogP contribution is 2.30. The van der Waals surface area contributed by atoms with E-state index >= 15 is 0 Å². The quantitative estimate of drug-likeness (QED) is 0.937. The Morgan fingerprint density at radius 1 is 1.33 bits per heavy atom. The fraction of sp³-hybridized carbons (Fsp3) is 0.412. The van der Waals surface area contributed by atoms with Gasteiger partial charge in [0.05, 0.1) is 17.9 Å². The highest BCUT2D eigenvalue weighted by atomic mass is 16.2. The van der Waals surface area contributed by atoms with E-state index in [0.29, 0.717) is 0 Å². The largest absolute Gasteiger partial charge is 0.349 e. The van der Waals surface area contributed by atoms with E-state index < -0.39 is 0 Å². The van der Waals surface area contributed by atoms with Crippen molar-refractivity contribution < 1.29 is 4.79 Å². The molecular formula is C17H21N3O. The maximum Gasteiger partial charge on any atom is 0.223 e. The van der Waals surface area contributed by atoms with Crippen LogP contribution in [0.25, 0.3) is 5.69 Å². The van der Waals surface area contributed by atoms with Crippen molar-refractivity contribution in [3.63, 3.8) is 0 Å². The van der Waals surface area contributed by atoms with Gasteiger partial charge in [-0.25, -0.2) is 4.68 Å². The van der Waals surface area contributed by atoms with Crippen molar-refractivity contribution in [2.45, 2.75) is 39.7 Å². The molecule has 3 rings (SSSR count). The third-order valence-corrected chi connectivity index (χ3v) is 4.16. The lowest BCUT2D eigenvalue weighted by Gasteiger charge is -2.14. The van der Waals surface area contributed by atoms with Crippen molar-refractivity contribution in [1.82, 2.24) is 15.1 Å². The van der Waals surface area contributed by atoms with Crippen molar-refractivity contribution >= 4 is 5.91 Å². The van der Waals surface area contributed by atoms with Gasteiger partial charge in [-0.3, -0.25) is 4.79 Å². The lowest BCUT2D eigenvalue weighted by Crippen LogP contribution is -2.28. The first-order valence-corrected chi connectivity index (χ1v) is 7.49. The third-order valence-electron chi connectivity index (χ3n) is 4.16. The van der Waals surface area contributed by atoms with Crippen molar-refractivity contribution in [3.8, 4) is 5.69 Å². The van der Waals surface area contributed by atoms with Gasteiger partial charge in [0, 0.05) is 17.2 Å². The Bertz CT molecular complexity index is 670. The molecule has 1 saturated carbocycles. The van der Waals surface area contributed by atoms with Gasteiger partial charge >= 0.3 is 0 Å². The average Bonchev–Trinajstić information content (AvgIpc) is 3.23. The van der Waals surface area contributed by atoms with Crippen LogP contribution >= 0.6 is 0 Å². The second kappa shape index (κ2) is 5.35. The highest BCUT2D eigenvalue weighted by molar-refractivity contribution is 5.81. The molecule has 1 aromatic heterocycles. The van der Waals surface area contributed by atoms with Crippen LogP contribution in [-0.2, 0) is 4.79 Å². The second-order valence-corrected chi connectivity index (χ2v) is 5.89. The molecule has 0 bridgehead atoms. The lowest BCUT2D eigenvalue weighted by molar-refractivity contribution is -0.122. The summed E-state index contributed by atoms with van der Waals surface area (Å²) in [6, 6.07) is 8.18. The number of aromatic nitrogens is 2. The maximum atomic E-state index is 11.9. The Morgan fingerprint density at radius 3 is 2.71 bits per heavy atom. The van der Waals surface area contributed by atoms with E-state index in [9.17, 15) is 4.79 Å². The van der Waals surface area contributed by atoms with Crippen molar-refractivity contribution in [1.29, 1.82) is 0 Å². The van der Waals surface area contributed by atoms with Gasteiger partial charge in [0.2, 0.25) is 5.91 Å². The molecular weight excluding hydrogens is 262 g/mol. The molecule has 110 valence electrons. The van der Waals surface area contributed by atoms with E-state index in [2.05, 4.69) is 36.4 Å². The van der Waals surface area contributed by atoms with Crippen molar-refractivity contribution in [2.24, 2.45) is 5.92 Å². The van der Waals surface area contributed by atoms with Crippen LogP contribution in [0.2, 0.25) is 0 Å². The van der Waals surface area contributed by atoms with Crippen LogP contribution in [0.4, 0.5) is 0 Å². The molecule has 4 heteroatoms. The number of carbonyl (C=O) groups excluding carboxylic acids is 1. The molecule has 4 nitrogen and oxygen atoms in total. The summed E-state index contributed by atoms with van der Waals surface area (Å²) in [5, 5.41) is 7.59. The molecule has 0 spiro atoms. The molecule has 0 radical (unpaired) electrons. The summed E-state index contributed by atoms with van der Waals surface area (Å²) in [5.41, 5.74) is 4.42. The van der Waals surface area contributed by atoms with E-state index in [0.717, 1.165) is 29.8 Å². The Labute approximate surface area is 125 Å². The van der Waals surface area contributed by atoms with Gasteiger partial charge in [-0.1, -0.05) is 18.2 Å². The monoisotopic (exact) mass is 283 g/mol.